The molecule has 2 heterocycles. The Morgan fingerprint density at radius 2 is 1.78 bits per heavy atom. The van der Waals surface area contributed by atoms with Crippen molar-refractivity contribution in [1.82, 2.24) is 4.90 Å². The number of fused-ring (bicyclic) bond motifs is 1. The average molecular weight is 383 g/mol. The lowest BCUT2D eigenvalue weighted by molar-refractivity contribution is -0.137. The van der Waals surface area contributed by atoms with Crippen LogP contribution in [0.4, 0.5) is 5.69 Å². The molecule has 2 aliphatic rings. The lowest BCUT2D eigenvalue weighted by Crippen LogP contribution is -2.34. The van der Waals surface area contributed by atoms with Crippen molar-refractivity contribution < 1.29 is 18.0 Å². The van der Waals surface area contributed by atoms with E-state index >= 15 is 0 Å². The number of nitrogens with zero attached hydrogens (tertiary/aromatic N) is 2. The van der Waals surface area contributed by atoms with Crippen molar-refractivity contribution in [2.24, 2.45) is 5.14 Å². The van der Waals surface area contributed by atoms with E-state index in [-0.39, 0.29) is 23.0 Å². The molecule has 0 unspecified atom stereocenters. The monoisotopic (exact) mass is 383 g/mol. The molecule has 0 spiro atoms. The van der Waals surface area contributed by atoms with Crippen LogP contribution in [0, 0.1) is 0 Å². The van der Waals surface area contributed by atoms with Crippen LogP contribution in [0.15, 0.2) is 65.2 Å². The number of nitrogens with two attached hydrogens (primary N) is 1. The van der Waals surface area contributed by atoms with Crippen molar-refractivity contribution in [3.8, 4) is 0 Å². The first-order valence-electron chi connectivity index (χ1n) is 8.39. The molecular weight excluding hydrogens is 366 g/mol. The molecule has 4 rings (SSSR count). The number of rotatable bonds is 4. The second-order valence-corrected chi connectivity index (χ2v) is 8.04. The van der Waals surface area contributed by atoms with Crippen LogP contribution in [0.2, 0.25) is 0 Å². The molecule has 0 aromatic heterocycles. The number of hydrogen-bond acceptors (Lipinski definition) is 5. The smallest absolute Gasteiger partial charge is 0.277 e. The van der Waals surface area contributed by atoms with Crippen LogP contribution in [0.5, 0.6) is 0 Å². The van der Waals surface area contributed by atoms with E-state index < -0.39 is 15.9 Å². The summed E-state index contributed by atoms with van der Waals surface area (Å²) < 4.78 is 23.3. The molecule has 0 bridgehead atoms. The number of primary sulfonamides is 1. The number of amides is 2. The number of imide groups is 1. The molecule has 0 saturated carbocycles. The van der Waals surface area contributed by atoms with E-state index in [0.717, 1.165) is 11.1 Å². The highest BCUT2D eigenvalue weighted by molar-refractivity contribution is 7.89. The number of anilines is 1. The van der Waals surface area contributed by atoms with Gasteiger partial charge in [0.2, 0.25) is 10.0 Å². The van der Waals surface area contributed by atoms with Gasteiger partial charge in [0.1, 0.15) is 5.70 Å². The molecule has 27 heavy (non-hydrogen) atoms. The molecule has 2 aliphatic heterocycles. The van der Waals surface area contributed by atoms with Gasteiger partial charge in [-0.2, -0.15) is 0 Å². The fourth-order valence-electron chi connectivity index (χ4n) is 3.39. The second kappa shape index (κ2) is 6.33. The van der Waals surface area contributed by atoms with E-state index in [1.165, 1.54) is 23.1 Å². The first kappa shape index (κ1) is 17.4. The van der Waals surface area contributed by atoms with Crippen molar-refractivity contribution in [2.45, 2.75) is 17.9 Å². The van der Waals surface area contributed by atoms with Crippen LogP contribution in [-0.4, -0.2) is 31.7 Å². The molecule has 0 atom stereocenters. The maximum Gasteiger partial charge on any atom is 0.277 e. The van der Waals surface area contributed by atoms with Crippen LogP contribution in [-0.2, 0) is 32.6 Å². The summed E-state index contributed by atoms with van der Waals surface area (Å²) >= 11 is 0. The Bertz CT molecular complexity index is 1080. The summed E-state index contributed by atoms with van der Waals surface area (Å²) in [4.78, 5) is 28.1. The van der Waals surface area contributed by atoms with E-state index in [1.807, 2.05) is 30.3 Å². The van der Waals surface area contributed by atoms with E-state index in [9.17, 15) is 18.0 Å². The zero-order valence-corrected chi connectivity index (χ0v) is 15.1. The van der Waals surface area contributed by atoms with Crippen molar-refractivity contribution in [2.75, 3.05) is 11.4 Å². The largest absolute Gasteiger partial charge is 0.336 e. The lowest BCUT2D eigenvalue weighted by atomic mass is 10.2. The Balaban J connectivity index is 1.64. The Morgan fingerprint density at radius 1 is 1.04 bits per heavy atom. The maximum absolute atomic E-state index is 12.9. The first-order chi connectivity index (χ1) is 12.8. The van der Waals surface area contributed by atoms with E-state index in [0.29, 0.717) is 18.7 Å². The summed E-state index contributed by atoms with van der Waals surface area (Å²) in [6, 6.07) is 13.9. The van der Waals surface area contributed by atoms with Crippen molar-refractivity contribution in [3.05, 3.63) is 71.4 Å². The van der Waals surface area contributed by atoms with Crippen LogP contribution in [0.1, 0.15) is 11.1 Å². The Labute approximate surface area is 156 Å². The topological polar surface area (TPSA) is 101 Å². The number of sulfonamides is 1. The van der Waals surface area contributed by atoms with E-state index in [1.54, 1.807) is 11.0 Å². The summed E-state index contributed by atoms with van der Waals surface area (Å²) in [5, 5.41) is 5.22. The minimum Gasteiger partial charge on any atom is -0.336 e. The van der Waals surface area contributed by atoms with Crippen molar-refractivity contribution >= 4 is 27.5 Å². The Hall–Kier alpha value is -2.97. The van der Waals surface area contributed by atoms with Gasteiger partial charge in [-0.05, 0) is 29.7 Å². The Kier molecular flexibility index (Phi) is 4.09. The number of carbonyl (C=O) groups excluding carboxylic acids is 2. The molecule has 0 saturated heterocycles. The highest BCUT2D eigenvalue weighted by Crippen LogP contribution is 2.35. The third kappa shape index (κ3) is 3.13. The second-order valence-electron chi connectivity index (χ2n) is 6.48. The van der Waals surface area contributed by atoms with Gasteiger partial charge in [0.05, 0.1) is 11.4 Å². The fraction of sp³-hybridized carbons (Fsp3) is 0.158. The zero-order valence-electron chi connectivity index (χ0n) is 14.3. The van der Waals surface area contributed by atoms with Gasteiger partial charge in [0.25, 0.3) is 11.8 Å². The van der Waals surface area contributed by atoms with Gasteiger partial charge in [-0.1, -0.05) is 36.4 Å². The van der Waals surface area contributed by atoms with E-state index in [4.69, 9.17) is 5.14 Å². The molecule has 2 amide bonds. The van der Waals surface area contributed by atoms with Crippen molar-refractivity contribution in [3.63, 3.8) is 0 Å². The Morgan fingerprint density at radius 3 is 2.48 bits per heavy atom. The van der Waals surface area contributed by atoms with Gasteiger partial charge in [0.15, 0.2) is 0 Å². The molecule has 7 nitrogen and oxygen atoms in total. The highest BCUT2D eigenvalue weighted by Gasteiger charge is 2.37. The quantitative estimate of drug-likeness (QED) is 0.798. The van der Waals surface area contributed by atoms with Gasteiger partial charge in [-0.3, -0.25) is 14.5 Å². The molecule has 2 aromatic carbocycles. The van der Waals surface area contributed by atoms with Gasteiger partial charge < -0.3 is 4.90 Å². The normalized spacial score (nSPS) is 16.7. The predicted molar refractivity (Wildman–Crippen MR) is 98.9 cm³/mol. The summed E-state index contributed by atoms with van der Waals surface area (Å²) in [6.07, 6.45) is 1.96. The molecule has 0 aliphatic carbocycles. The maximum atomic E-state index is 12.9. The SMILES string of the molecule is NS(=O)(=O)c1ccc2c(c1)N(C1=CC(=O)N(Cc3ccccc3)C1=O)CC2. The van der Waals surface area contributed by atoms with Gasteiger partial charge in [-0.25, -0.2) is 13.6 Å². The molecule has 8 heteroatoms. The zero-order chi connectivity index (χ0) is 19.2. The molecule has 2 aromatic rings. The molecule has 2 N–H and O–H groups in total. The van der Waals surface area contributed by atoms with E-state index in [2.05, 4.69) is 0 Å². The predicted octanol–water partition coefficient (Wildman–Crippen LogP) is 1.15. The van der Waals surface area contributed by atoms with Gasteiger partial charge in [-0.15, -0.1) is 0 Å². The first-order valence-corrected chi connectivity index (χ1v) is 9.94. The molecule has 138 valence electrons. The van der Waals surface area contributed by atoms with Gasteiger partial charge in [0, 0.05) is 18.3 Å². The molecule has 0 radical (unpaired) electrons. The summed E-state index contributed by atoms with van der Waals surface area (Å²) in [6.45, 7) is 0.684. The number of hydrogen-bond donors (Lipinski definition) is 1. The summed E-state index contributed by atoms with van der Waals surface area (Å²) in [5.74, 6) is -0.771. The van der Waals surface area contributed by atoms with Crippen LogP contribution in [0.3, 0.4) is 0 Å². The van der Waals surface area contributed by atoms with Crippen molar-refractivity contribution in [1.29, 1.82) is 0 Å². The van der Waals surface area contributed by atoms with Crippen LogP contribution in [0.25, 0.3) is 0 Å². The third-order valence-electron chi connectivity index (χ3n) is 4.75. The number of carbonyl (C=O) groups is 2. The lowest BCUT2D eigenvalue weighted by Gasteiger charge is -2.22. The highest BCUT2D eigenvalue weighted by atomic mass is 32.2. The van der Waals surface area contributed by atoms with Gasteiger partial charge >= 0.3 is 0 Å². The fourth-order valence-corrected chi connectivity index (χ4v) is 3.92. The number of benzene rings is 2. The minimum atomic E-state index is -3.86. The summed E-state index contributed by atoms with van der Waals surface area (Å²) in [7, 11) is -3.86. The summed E-state index contributed by atoms with van der Waals surface area (Å²) in [5.41, 5.74) is 2.61. The third-order valence-corrected chi connectivity index (χ3v) is 5.66. The average Bonchev–Trinajstić information content (AvgIpc) is 3.17. The minimum absolute atomic E-state index is 0.0216. The van der Waals surface area contributed by atoms with Crippen LogP contribution >= 0.6 is 0 Å². The molecule has 0 fully saturated rings. The molecular formula is C19H17N3O4S. The van der Waals surface area contributed by atoms with Crippen LogP contribution < -0.4 is 10.0 Å². The standard InChI is InChI=1S/C19H17N3O4S/c20-27(25,26)15-7-6-14-8-9-21(16(14)10-15)17-11-18(23)22(19(17)24)12-13-4-2-1-3-5-13/h1-7,10-11H,8-9,12H2,(H2,20,25,26).